The molecule has 20 heavy (non-hydrogen) atoms. The number of benzene rings is 2. The minimum Gasteiger partial charge on any atom is -0.479 e. The van der Waals surface area contributed by atoms with Crippen LogP contribution in [0.4, 0.5) is 14.5 Å². The highest BCUT2D eigenvalue weighted by Gasteiger charge is 2.24. The second-order valence-corrected chi connectivity index (χ2v) is 4.92. The zero-order valence-corrected chi connectivity index (χ0v) is 11.7. The van der Waals surface area contributed by atoms with Crippen LogP contribution in [-0.2, 0) is 4.79 Å². The highest BCUT2D eigenvalue weighted by atomic mass is 79.9. The van der Waals surface area contributed by atoms with Crippen molar-refractivity contribution in [2.45, 2.75) is 6.04 Å². The van der Waals surface area contributed by atoms with Crippen LogP contribution in [0, 0.1) is 11.6 Å². The number of hydrogen-bond donors (Lipinski definition) is 2. The molecule has 0 aliphatic carbocycles. The highest BCUT2D eigenvalue weighted by Crippen LogP contribution is 2.28. The van der Waals surface area contributed by atoms with Gasteiger partial charge in [-0.25, -0.2) is 13.6 Å². The van der Waals surface area contributed by atoms with Crippen LogP contribution in [0.15, 0.2) is 46.9 Å². The first kappa shape index (κ1) is 14.5. The fraction of sp³-hybridized carbons (Fsp3) is 0.0714. The molecule has 0 saturated heterocycles. The average Bonchev–Trinajstić information content (AvgIpc) is 2.40. The van der Waals surface area contributed by atoms with E-state index in [0.717, 1.165) is 18.2 Å². The summed E-state index contributed by atoms with van der Waals surface area (Å²) in [6, 6.07) is 8.14. The molecule has 2 aromatic carbocycles. The first-order chi connectivity index (χ1) is 9.49. The van der Waals surface area contributed by atoms with Gasteiger partial charge in [0, 0.05) is 15.7 Å². The summed E-state index contributed by atoms with van der Waals surface area (Å²) in [7, 11) is 0. The molecule has 3 nitrogen and oxygen atoms in total. The molecule has 0 aliphatic heterocycles. The predicted molar refractivity (Wildman–Crippen MR) is 74.5 cm³/mol. The molecule has 0 saturated carbocycles. The third kappa shape index (κ3) is 3.14. The molecule has 104 valence electrons. The summed E-state index contributed by atoms with van der Waals surface area (Å²) in [4.78, 5) is 11.3. The second-order valence-electron chi connectivity index (χ2n) is 4.06. The lowest BCUT2D eigenvalue weighted by Gasteiger charge is -2.17. The lowest BCUT2D eigenvalue weighted by Crippen LogP contribution is -2.22. The van der Waals surface area contributed by atoms with Crippen molar-refractivity contribution >= 4 is 27.6 Å². The van der Waals surface area contributed by atoms with Crippen molar-refractivity contribution < 1.29 is 18.7 Å². The highest BCUT2D eigenvalue weighted by molar-refractivity contribution is 9.10. The number of para-hydroxylation sites is 1. The quantitative estimate of drug-likeness (QED) is 0.884. The maximum Gasteiger partial charge on any atom is 0.330 e. The number of anilines is 1. The molecular weight excluding hydrogens is 332 g/mol. The van der Waals surface area contributed by atoms with E-state index in [1.807, 2.05) is 0 Å². The van der Waals surface area contributed by atoms with Crippen LogP contribution in [0.2, 0.25) is 0 Å². The molecule has 0 fully saturated rings. The summed E-state index contributed by atoms with van der Waals surface area (Å²) in [6.45, 7) is 0. The van der Waals surface area contributed by atoms with E-state index in [0.29, 0.717) is 10.2 Å². The third-order valence-electron chi connectivity index (χ3n) is 2.69. The summed E-state index contributed by atoms with van der Waals surface area (Å²) >= 11 is 3.26. The van der Waals surface area contributed by atoms with Gasteiger partial charge < -0.3 is 10.4 Å². The lowest BCUT2D eigenvalue weighted by atomic mass is 10.1. The van der Waals surface area contributed by atoms with Crippen LogP contribution in [0.5, 0.6) is 0 Å². The number of nitrogens with one attached hydrogen (secondary N) is 1. The van der Waals surface area contributed by atoms with Gasteiger partial charge in [0.05, 0.1) is 0 Å². The summed E-state index contributed by atoms with van der Waals surface area (Å²) in [5.74, 6) is -2.77. The fourth-order valence-corrected chi connectivity index (χ4v) is 2.14. The molecule has 0 aliphatic rings. The fourth-order valence-electron chi connectivity index (χ4n) is 1.74. The van der Waals surface area contributed by atoms with Gasteiger partial charge in [0.25, 0.3) is 0 Å². The van der Waals surface area contributed by atoms with Crippen LogP contribution in [0.3, 0.4) is 0 Å². The zero-order valence-electron chi connectivity index (χ0n) is 10.1. The summed E-state index contributed by atoms with van der Waals surface area (Å²) in [5, 5.41) is 11.9. The lowest BCUT2D eigenvalue weighted by molar-refractivity contribution is -0.138. The van der Waals surface area contributed by atoms with Crippen molar-refractivity contribution in [1.82, 2.24) is 0 Å². The van der Waals surface area contributed by atoms with Crippen molar-refractivity contribution in [3.63, 3.8) is 0 Å². The first-order valence-electron chi connectivity index (χ1n) is 5.68. The Balaban J connectivity index is 2.40. The molecule has 0 spiro atoms. The maximum absolute atomic E-state index is 13.7. The SMILES string of the molecule is O=C(O)C(Nc1ccccc1Br)c1cc(F)ccc1F. The van der Waals surface area contributed by atoms with Crippen molar-refractivity contribution in [3.05, 3.63) is 64.1 Å². The molecule has 1 atom stereocenters. The van der Waals surface area contributed by atoms with Gasteiger partial charge in [-0.3, -0.25) is 0 Å². The molecule has 1 unspecified atom stereocenters. The predicted octanol–water partition coefficient (Wildman–Crippen LogP) is 3.97. The van der Waals surface area contributed by atoms with Crippen LogP contribution >= 0.6 is 15.9 Å². The Hall–Kier alpha value is -1.95. The summed E-state index contributed by atoms with van der Waals surface area (Å²) < 4.78 is 27.5. The summed E-state index contributed by atoms with van der Waals surface area (Å²) in [5.41, 5.74) is 0.219. The van der Waals surface area contributed by atoms with E-state index in [1.165, 1.54) is 0 Å². The Bertz CT molecular complexity index is 649. The van der Waals surface area contributed by atoms with E-state index in [-0.39, 0.29) is 5.56 Å². The van der Waals surface area contributed by atoms with Crippen molar-refractivity contribution in [2.24, 2.45) is 0 Å². The van der Waals surface area contributed by atoms with Crippen molar-refractivity contribution in [1.29, 1.82) is 0 Å². The van der Waals surface area contributed by atoms with Crippen molar-refractivity contribution in [2.75, 3.05) is 5.32 Å². The molecular formula is C14H10BrF2NO2. The Labute approximate surface area is 122 Å². The normalized spacial score (nSPS) is 11.9. The number of halogens is 3. The smallest absolute Gasteiger partial charge is 0.330 e. The van der Waals surface area contributed by atoms with Gasteiger partial charge in [0.15, 0.2) is 6.04 Å². The van der Waals surface area contributed by atoms with Crippen LogP contribution in [0.1, 0.15) is 11.6 Å². The second kappa shape index (κ2) is 6.00. The van der Waals surface area contributed by atoms with Crippen LogP contribution in [-0.4, -0.2) is 11.1 Å². The number of carbonyl (C=O) groups is 1. The maximum atomic E-state index is 13.7. The number of rotatable bonds is 4. The molecule has 0 aromatic heterocycles. The summed E-state index contributed by atoms with van der Waals surface area (Å²) in [6.07, 6.45) is 0. The number of aliphatic carboxylic acids is 1. The molecule has 2 rings (SSSR count). The number of hydrogen-bond acceptors (Lipinski definition) is 2. The van der Waals surface area contributed by atoms with Gasteiger partial charge in [-0.15, -0.1) is 0 Å². The van der Waals surface area contributed by atoms with E-state index in [1.54, 1.807) is 24.3 Å². The van der Waals surface area contributed by atoms with Crippen LogP contribution < -0.4 is 5.32 Å². The van der Waals surface area contributed by atoms with Gasteiger partial charge >= 0.3 is 5.97 Å². The largest absolute Gasteiger partial charge is 0.479 e. The third-order valence-corrected chi connectivity index (χ3v) is 3.38. The van der Waals surface area contributed by atoms with Gasteiger partial charge in [-0.2, -0.15) is 0 Å². The minimum atomic E-state index is -1.38. The monoisotopic (exact) mass is 341 g/mol. The van der Waals surface area contributed by atoms with E-state index in [4.69, 9.17) is 0 Å². The topological polar surface area (TPSA) is 49.3 Å². The Morgan fingerprint density at radius 2 is 1.90 bits per heavy atom. The number of carboxylic acids is 1. The Morgan fingerprint density at radius 1 is 1.20 bits per heavy atom. The zero-order chi connectivity index (χ0) is 14.7. The van der Waals surface area contributed by atoms with Gasteiger partial charge in [0.1, 0.15) is 11.6 Å². The Morgan fingerprint density at radius 3 is 2.55 bits per heavy atom. The van der Waals surface area contributed by atoms with E-state index in [2.05, 4.69) is 21.2 Å². The molecule has 0 bridgehead atoms. The average molecular weight is 342 g/mol. The molecule has 2 aromatic rings. The van der Waals surface area contributed by atoms with E-state index < -0.39 is 23.6 Å². The van der Waals surface area contributed by atoms with Crippen molar-refractivity contribution in [3.8, 4) is 0 Å². The van der Waals surface area contributed by atoms with E-state index in [9.17, 15) is 18.7 Å². The number of carboxylic acid groups (broad SMARTS) is 1. The van der Waals surface area contributed by atoms with Gasteiger partial charge in [-0.1, -0.05) is 12.1 Å². The molecule has 2 N–H and O–H groups in total. The minimum absolute atomic E-state index is 0.256. The Kier molecular flexibility index (Phi) is 4.34. The first-order valence-corrected chi connectivity index (χ1v) is 6.47. The van der Waals surface area contributed by atoms with Gasteiger partial charge in [-0.05, 0) is 46.3 Å². The molecule has 0 heterocycles. The van der Waals surface area contributed by atoms with Crippen LogP contribution in [0.25, 0.3) is 0 Å². The molecule has 0 amide bonds. The molecule has 6 heteroatoms. The van der Waals surface area contributed by atoms with Gasteiger partial charge in [0.2, 0.25) is 0 Å². The standard InChI is InChI=1S/C14H10BrF2NO2/c15-10-3-1-2-4-12(10)18-13(14(19)20)9-7-8(16)5-6-11(9)17/h1-7,13,18H,(H,19,20). The molecule has 0 radical (unpaired) electrons. The van der Waals surface area contributed by atoms with E-state index >= 15 is 0 Å².